The molecule has 7 nitrogen and oxygen atoms in total. The molecule has 7 heteroatoms. The van der Waals surface area contributed by atoms with Crippen LogP contribution in [0.2, 0.25) is 0 Å². The summed E-state index contributed by atoms with van der Waals surface area (Å²) in [6.07, 6.45) is -0.129. The molecule has 202 valence electrons. The molecule has 1 aliphatic heterocycles. The highest BCUT2D eigenvalue weighted by atomic mass is 16.6. The van der Waals surface area contributed by atoms with Crippen molar-refractivity contribution in [3.05, 3.63) is 71.8 Å². The Morgan fingerprint density at radius 3 is 1.89 bits per heavy atom. The summed E-state index contributed by atoms with van der Waals surface area (Å²) in [7, 11) is 0. The molecule has 2 aliphatic carbocycles. The van der Waals surface area contributed by atoms with Gasteiger partial charge in [0.15, 0.2) is 0 Å². The lowest BCUT2D eigenvalue weighted by Crippen LogP contribution is -2.73. The highest BCUT2D eigenvalue weighted by Crippen LogP contribution is 2.67. The average Bonchev–Trinajstić information content (AvgIpc) is 3.07. The van der Waals surface area contributed by atoms with Gasteiger partial charge in [-0.25, -0.2) is 9.59 Å². The van der Waals surface area contributed by atoms with Crippen LogP contribution in [0.15, 0.2) is 60.7 Å². The molecule has 0 radical (unpaired) electrons. The van der Waals surface area contributed by atoms with E-state index in [-0.39, 0.29) is 11.8 Å². The predicted molar refractivity (Wildman–Crippen MR) is 139 cm³/mol. The zero-order chi connectivity index (χ0) is 27.3. The van der Waals surface area contributed by atoms with Gasteiger partial charge in [-0.05, 0) is 70.2 Å². The number of carbonyl (C=O) groups is 3. The van der Waals surface area contributed by atoms with Crippen molar-refractivity contribution in [3.8, 4) is 0 Å². The number of fused-ring (bicyclic) bond motifs is 1. The van der Waals surface area contributed by atoms with Crippen LogP contribution in [0.1, 0.15) is 74.6 Å². The Morgan fingerprint density at radius 2 is 1.34 bits per heavy atom. The van der Waals surface area contributed by atoms with Gasteiger partial charge in [-0.1, -0.05) is 43.3 Å². The van der Waals surface area contributed by atoms with E-state index in [1.165, 1.54) is 6.92 Å². The second-order valence-electron chi connectivity index (χ2n) is 11.7. The molecule has 38 heavy (non-hydrogen) atoms. The molecule has 5 rings (SSSR count). The third-order valence-electron chi connectivity index (χ3n) is 9.17. The summed E-state index contributed by atoms with van der Waals surface area (Å²) in [6, 6.07) is 17.8. The summed E-state index contributed by atoms with van der Waals surface area (Å²) in [5.74, 6) is -1.58. The molecule has 2 aromatic rings. The number of rotatable bonds is 5. The number of benzene rings is 2. The average molecular weight is 521 g/mol. The molecule has 0 aromatic heterocycles. The van der Waals surface area contributed by atoms with E-state index in [1.807, 2.05) is 32.9 Å². The topological polar surface area (TPSA) is 88.1 Å². The van der Waals surface area contributed by atoms with Crippen LogP contribution in [0.5, 0.6) is 0 Å². The summed E-state index contributed by atoms with van der Waals surface area (Å²) < 4.78 is 25.5. The molecular weight excluding hydrogens is 484 g/mol. The van der Waals surface area contributed by atoms with Gasteiger partial charge in [0.05, 0.1) is 22.1 Å². The fourth-order valence-electron chi connectivity index (χ4n) is 7.32. The van der Waals surface area contributed by atoms with Crippen LogP contribution in [0.3, 0.4) is 0 Å². The first kappa shape index (κ1) is 26.4. The summed E-state index contributed by atoms with van der Waals surface area (Å²) >= 11 is 0. The molecule has 0 unspecified atom stereocenters. The van der Waals surface area contributed by atoms with Crippen molar-refractivity contribution in [2.45, 2.75) is 83.4 Å². The van der Waals surface area contributed by atoms with Crippen LogP contribution in [-0.4, -0.2) is 47.4 Å². The quantitative estimate of drug-likeness (QED) is 0.387. The molecule has 2 saturated carbocycles. The van der Waals surface area contributed by atoms with Gasteiger partial charge in [0.1, 0.15) is 23.9 Å². The highest BCUT2D eigenvalue weighted by Gasteiger charge is 2.79. The zero-order valence-electron chi connectivity index (χ0n) is 22.6. The Labute approximate surface area is 223 Å². The van der Waals surface area contributed by atoms with Crippen molar-refractivity contribution in [2.24, 2.45) is 17.3 Å². The first-order valence-electron chi connectivity index (χ1n) is 13.4. The minimum absolute atomic E-state index is 0.0598. The lowest BCUT2D eigenvalue weighted by atomic mass is 9.49. The van der Waals surface area contributed by atoms with Crippen LogP contribution < -0.4 is 0 Å². The van der Waals surface area contributed by atoms with Gasteiger partial charge in [-0.15, -0.1) is 0 Å². The highest BCUT2D eigenvalue weighted by molar-refractivity contribution is 5.90. The molecule has 2 bridgehead atoms. The van der Waals surface area contributed by atoms with E-state index >= 15 is 0 Å². The van der Waals surface area contributed by atoms with Gasteiger partial charge < -0.3 is 18.9 Å². The van der Waals surface area contributed by atoms with Gasteiger partial charge in [-0.2, -0.15) is 0 Å². The van der Waals surface area contributed by atoms with E-state index in [0.29, 0.717) is 30.4 Å². The summed E-state index contributed by atoms with van der Waals surface area (Å²) in [5.41, 5.74) is -1.77. The number of hydrogen-bond donors (Lipinski definition) is 0. The van der Waals surface area contributed by atoms with Crippen LogP contribution in [-0.2, 0) is 23.7 Å². The Balaban J connectivity index is 1.60. The van der Waals surface area contributed by atoms with Gasteiger partial charge in [0.25, 0.3) is 0 Å². The lowest BCUT2D eigenvalue weighted by molar-refractivity contribution is -0.282. The maximum atomic E-state index is 13.4. The minimum atomic E-state index is -1.04. The fourth-order valence-corrected chi connectivity index (χ4v) is 7.32. The van der Waals surface area contributed by atoms with Crippen molar-refractivity contribution < 1.29 is 33.3 Å². The van der Waals surface area contributed by atoms with E-state index in [1.54, 1.807) is 48.5 Å². The van der Waals surface area contributed by atoms with E-state index in [9.17, 15) is 14.4 Å². The smallest absolute Gasteiger partial charge is 0.338 e. The molecule has 3 aliphatic rings. The molecule has 1 spiro atoms. The van der Waals surface area contributed by atoms with E-state index in [0.717, 1.165) is 0 Å². The van der Waals surface area contributed by atoms with Crippen molar-refractivity contribution >= 4 is 17.9 Å². The third kappa shape index (κ3) is 4.03. The maximum Gasteiger partial charge on any atom is 0.338 e. The first-order valence-corrected chi connectivity index (χ1v) is 13.4. The Kier molecular flexibility index (Phi) is 6.62. The van der Waals surface area contributed by atoms with Gasteiger partial charge in [-0.3, -0.25) is 4.79 Å². The fraction of sp³-hybridized carbons (Fsp3) is 0.516. The SMILES string of the molecule is CC(=O)O[C@H]1CC[C@@H](C)[C@]23OC(C)(C)[C@H](C[C@H](OC(=O)c4ccccc4)[C@]12C)[C@H]3OC(=O)c1ccccc1. The van der Waals surface area contributed by atoms with E-state index < -0.39 is 52.8 Å². The van der Waals surface area contributed by atoms with Crippen molar-refractivity contribution in [1.82, 2.24) is 0 Å². The van der Waals surface area contributed by atoms with Crippen LogP contribution in [0.25, 0.3) is 0 Å². The van der Waals surface area contributed by atoms with Crippen molar-refractivity contribution in [3.63, 3.8) is 0 Å². The molecule has 2 aromatic carbocycles. The Morgan fingerprint density at radius 1 is 0.789 bits per heavy atom. The first-order chi connectivity index (χ1) is 18.0. The molecule has 7 atom stereocenters. The molecule has 3 fully saturated rings. The number of hydrogen-bond acceptors (Lipinski definition) is 7. The maximum absolute atomic E-state index is 13.4. The monoisotopic (exact) mass is 520 g/mol. The Hall–Kier alpha value is -3.19. The number of ether oxygens (including phenoxy) is 4. The third-order valence-corrected chi connectivity index (χ3v) is 9.17. The number of esters is 3. The number of carbonyl (C=O) groups excluding carboxylic acids is 3. The van der Waals surface area contributed by atoms with Crippen LogP contribution in [0, 0.1) is 17.3 Å². The summed E-state index contributed by atoms with van der Waals surface area (Å²) in [6.45, 7) is 9.45. The standard InChI is InChI=1S/C31H36O7/c1-19-16-17-24(35-20(2)32)30(5)25(36-27(33)21-12-8-6-9-13-21)18-23-26(31(19,30)38-29(23,3)4)37-28(34)22-14-10-7-11-15-22/h6-15,19,23-26H,16-18H2,1-5H3/t19-,23-,24+,25+,26-,30+,31-/m1/s1. The largest absolute Gasteiger partial charge is 0.462 e. The molecule has 0 amide bonds. The normalized spacial score (nSPS) is 35.0. The van der Waals surface area contributed by atoms with E-state index in [4.69, 9.17) is 18.9 Å². The second kappa shape index (κ2) is 9.53. The predicted octanol–water partition coefficient (Wildman–Crippen LogP) is 5.37. The van der Waals surface area contributed by atoms with Crippen molar-refractivity contribution in [1.29, 1.82) is 0 Å². The van der Waals surface area contributed by atoms with Crippen LogP contribution in [0.4, 0.5) is 0 Å². The summed E-state index contributed by atoms with van der Waals surface area (Å²) in [5, 5.41) is 0. The summed E-state index contributed by atoms with van der Waals surface area (Å²) in [4.78, 5) is 39.0. The molecule has 1 saturated heterocycles. The second-order valence-corrected chi connectivity index (χ2v) is 11.7. The van der Waals surface area contributed by atoms with Crippen LogP contribution >= 0.6 is 0 Å². The van der Waals surface area contributed by atoms with Crippen molar-refractivity contribution in [2.75, 3.05) is 0 Å². The van der Waals surface area contributed by atoms with E-state index in [2.05, 4.69) is 6.92 Å². The zero-order valence-corrected chi connectivity index (χ0v) is 22.6. The molecule has 1 heterocycles. The molecule has 0 N–H and O–H groups in total. The van der Waals surface area contributed by atoms with Gasteiger partial charge in [0.2, 0.25) is 0 Å². The lowest BCUT2D eigenvalue weighted by Gasteiger charge is -2.61. The van der Waals surface area contributed by atoms with Gasteiger partial charge >= 0.3 is 17.9 Å². The minimum Gasteiger partial charge on any atom is -0.462 e. The Bertz CT molecular complexity index is 1210. The molecular formula is C31H36O7. The van der Waals surface area contributed by atoms with Gasteiger partial charge in [0, 0.05) is 12.8 Å².